The maximum atomic E-state index is 13.6. The number of amides is 1. The summed E-state index contributed by atoms with van der Waals surface area (Å²) in [4.78, 5) is 15.2. The van der Waals surface area contributed by atoms with Crippen LogP contribution in [0.1, 0.15) is 42.5 Å². The van der Waals surface area contributed by atoms with Gasteiger partial charge in [-0.05, 0) is 74.7 Å². The SMILES string of the molecule is Cc1ccc(S(=O)(=O)N(CC(=O)NC(C)c2ccc(N3CCCC3)cc2)c2ccc(Cl)c(C(F)(F)F)c2)cc1. The fraction of sp³-hybridized carbons (Fsp3) is 0.321. The highest BCUT2D eigenvalue weighted by atomic mass is 35.5. The van der Waals surface area contributed by atoms with Crippen LogP contribution in [0.2, 0.25) is 5.02 Å². The van der Waals surface area contributed by atoms with Crippen LogP contribution in [0.3, 0.4) is 0 Å². The van der Waals surface area contributed by atoms with Crippen LogP contribution >= 0.6 is 11.6 Å². The summed E-state index contributed by atoms with van der Waals surface area (Å²) in [6.07, 6.45) is -2.52. The van der Waals surface area contributed by atoms with Crippen LogP contribution in [0.5, 0.6) is 0 Å². The molecule has 1 heterocycles. The Kier molecular flexibility index (Phi) is 8.46. The Morgan fingerprint density at radius 1 is 1.03 bits per heavy atom. The predicted octanol–water partition coefficient (Wildman–Crippen LogP) is 6.34. The molecule has 6 nitrogen and oxygen atoms in total. The van der Waals surface area contributed by atoms with Gasteiger partial charge in [-0.25, -0.2) is 8.42 Å². The van der Waals surface area contributed by atoms with Crippen molar-refractivity contribution >= 4 is 38.9 Å². The number of rotatable bonds is 8. The smallest absolute Gasteiger partial charge is 0.372 e. The van der Waals surface area contributed by atoms with Crippen molar-refractivity contribution < 1.29 is 26.4 Å². The summed E-state index contributed by atoms with van der Waals surface area (Å²) in [6.45, 7) is 4.79. The first-order valence-electron chi connectivity index (χ1n) is 12.5. The Bertz CT molecular complexity index is 1420. The van der Waals surface area contributed by atoms with Crippen LogP contribution in [-0.4, -0.2) is 34.0 Å². The fourth-order valence-electron chi connectivity index (χ4n) is 4.49. The van der Waals surface area contributed by atoms with E-state index in [2.05, 4.69) is 10.2 Å². The second kappa shape index (κ2) is 11.5. The first kappa shape index (κ1) is 28.8. The number of anilines is 2. The van der Waals surface area contributed by atoms with Crippen molar-refractivity contribution in [1.29, 1.82) is 0 Å². The summed E-state index contributed by atoms with van der Waals surface area (Å²) in [5.74, 6) is -0.676. The molecule has 39 heavy (non-hydrogen) atoms. The molecule has 1 aliphatic heterocycles. The molecule has 3 aromatic rings. The Morgan fingerprint density at radius 3 is 2.23 bits per heavy atom. The third-order valence-corrected chi connectivity index (χ3v) is 8.80. The van der Waals surface area contributed by atoms with Gasteiger partial charge in [-0.15, -0.1) is 0 Å². The molecule has 4 rings (SSSR count). The van der Waals surface area contributed by atoms with Crippen LogP contribution in [0.25, 0.3) is 0 Å². The average molecular weight is 580 g/mol. The molecule has 11 heteroatoms. The number of aryl methyl sites for hydroxylation is 1. The quantitative estimate of drug-likeness (QED) is 0.338. The van der Waals surface area contributed by atoms with E-state index in [1.807, 2.05) is 24.3 Å². The summed E-state index contributed by atoms with van der Waals surface area (Å²) in [5, 5.41) is 2.19. The minimum absolute atomic E-state index is 0.157. The third kappa shape index (κ3) is 6.67. The lowest BCUT2D eigenvalue weighted by Crippen LogP contribution is -2.41. The van der Waals surface area contributed by atoms with E-state index in [-0.39, 0.29) is 10.6 Å². The molecule has 0 spiro atoms. The topological polar surface area (TPSA) is 69.7 Å². The molecular weight excluding hydrogens is 551 g/mol. The molecular formula is C28H29ClF3N3O3S. The van der Waals surface area contributed by atoms with Crippen LogP contribution in [0.4, 0.5) is 24.5 Å². The number of carbonyl (C=O) groups is 1. The van der Waals surface area contributed by atoms with E-state index in [0.29, 0.717) is 10.4 Å². The van der Waals surface area contributed by atoms with Crippen LogP contribution in [-0.2, 0) is 21.0 Å². The number of sulfonamides is 1. The van der Waals surface area contributed by atoms with E-state index in [9.17, 15) is 26.4 Å². The van der Waals surface area contributed by atoms with Gasteiger partial charge in [-0.3, -0.25) is 9.10 Å². The minimum Gasteiger partial charge on any atom is -0.372 e. The van der Waals surface area contributed by atoms with E-state index in [0.717, 1.165) is 54.9 Å². The summed E-state index contributed by atoms with van der Waals surface area (Å²) in [6, 6.07) is 15.9. The number of halogens is 4. The number of carbonyl (C=O) groups excluding carboxylic acids is 1. The Balaban J connectivity index is 1.60. The largest absolute Gasteiger partial charge is 0.417 e. The number of nitrogens with zero attached hydrogens (tertiary/aromatic N) is 2. The number of benzene rings is 3. The second-order valence-electron chi connectivity index (χ2n) is 9.56. The minimum atomic E-state index is -4.82. The highest BCUT2D eigenvalue weighted by Crippen LogP contribution is 2.38. The van der Waals surface area contributed by atoms with Crippen molar-refractivity contribution in [2.24, 2.45) is 0 Å². The van der Waals surface area contributed by atoms with Gasteiger partial charge in [0.25, 0.3) is 10.0 Å². The maximum Gasteiger partial charge on any atom is 0.417 e. The summed E-state index contributed by atoms with van der Waals surface area (Å²) in [5.41, 5.74) is 1.18. The zero-order valence-corrected chi connectivity index (χ0v) is 23.1. The summed E-state index contributed by atoms with van der Waals surface area (Å²) >= 11 is 5.76. The van der Waals surface area contributed by atoms with Gasteiger partial charge in [0.15, 0.2) is 0 Å². The Morgan fingerprint density at radius 2 is 1.64 bits per heavy atom. The molecule has 3 aromatic carbocycles. The van der Waals surface area contributed by atoms with Gasteiger partial charge >= 0.3 is 6.18 Å². The van der Waals surface area contributed by atoms with Gasteiger partial charge in [0.2, 0.25) is 5.91 Å². The maximum absolute atomic E-state index is 13.6. The van der Waals surface area contributed by atoms with E-state index in [4.69, 9.17) is 11.6 Å². The van der Waals surface area contributed by atoms with Gasteiger partial charge in [0.1, 0.15) is 6.54 Å². The predicted molar refractivity (Wildman–Crippen MR) is 147 cm³/mol. The van der Waals surface area contributed by atoms with E-state index in [1.54, 1.807) is 26.0 Å². The highest BCUT2D eigenvalue weighted by molar-refractivity contribution is 7.92. The fourth-order valence-corrected chi connectivity index (χ4v) is 6.13. The molecule has 1 saturated heterocycles. The first-order chi connectivity index (χ1) is 18.4. The highest BCUT2D eigenvalue weighted by Gasteiger charge is 2.35. The van der Waals surface area contributed by atoms with Gasteiger partial charge < -0.3 is 10.2 Å². The monoisotopic (exact) mass is 579 g/mol. The number of hydrogen-bond donors (Lipinski definition) is 1. The number of hydrogen-bond acceptors (Lipinski definition) is 4. The average Bonchev–Trinajstić information content (AvgIpc) is 3.42. The lowest BCUT2D eigenvalue weighted by molar-refractivity contribution is -0.137. The van der Waals surface area contributed by atoms with Crippen molar-refractivity contribution in [3.63, 3.8) is 0 Å². The molecule has 0 radical (unpaired) electrons. The Labute approximate surface area is 231 Å². The number of alkyl halides is 3. The molecule has 1 unspecified atom stereocenters. The molecule has 0 aromatic heterocycles. The van der Waals surface area contributed by atoms with E-state index in [1.165, 1.54) is 12.1 Å². The second-order valence-corrected chi connectivity index (χ2v) is 11.8. The van der Waals surface area contributed by atoms with Crippen molar-refractivity contribution in [2.45, 2.75) is 43.8 Å². The van der Waals surface area contributed by atoms with Gasteiger partial charge in [0.05, 0.1) is 27.2 Å². The first-order valence-corrected chi connectivity index (χ1v) is 14.3. The zero-order valence-electron chi connectivity index (χ0n) is 21.5. The normalized spacial score (nSPS) is 14.8. The zero-order chi connectivity index (χ0) is 28.4. The lowest BCUT2D eigenvalue weighted by Gasteiger charge is -2.26. The lowest BCUT2D eigenvalue weighted by atomic mass is 10.1. The molecule has 1 amide bonds. The Hall–Kier alpha value is -3.24. The van der Waals surface area contributed by atoms with Gasteiger partial charge in [-0.2, -0.15) is 13.2 Å². The van der Waals surface area contributed by atoms with Crippen molar-refractivity contribution in [2.75, 3.05) is 28.8 Å². The molecule has 1 fully saturated rings. The van der Waals surface area contributed by atoms with Crippen molar-refractivity contribution in [1.82, 2.24) is 5.32 Å². The van der Waals surface area contributed by atoms with Crippen LogP contribution < -0.4 is 14.5 Å². The van der Waals surface area contributed by atoms with E-state index < -0.39 is 45.3 Å². The summed E-state index contributed by atoms with van der Waals surface area (Å²) < 4.78 is 68.5. The molecule has 0 bridgehead atoms. The molecule has 208 valence electrons. The molecule has 0 saturated carbocycles. The molecule has 0 aliphatic carbocycles. The molecule has 1 atom stereocenters. The van der Waals surface area contributed by atoms with Crippen LogP contribution in [0, 0.1) is 6.92 Å². The van der Waals surface area contributed by atoms with Gasteiger partial charge in [0, 0.05) is 18.8 Å². The number of nitrogens with one attached hydrogen (secondary N) is 1. The third-order valence-electron chi connectivity index (χ3n) is 6.68. The van der Waals surface area contributed by atoms with E-state index >= 15 is 0 Å². The van der Waals surface area contributed by atoms with Gasteiger partial charge in [-0.1, -0.05) is 41.4 Å². The molecule has 1 aliphatic rings. The van der Waals surface area contributed by atoms with Crippen molar-refractivity contribution in [3.8, 4) is 0 Å². The van der Waals surface area contributed by atoms with Crippen molar-refractivity contribution in [3.05, 3.63) is 88.4 Å². The molecule has 1 N–H and O–H groups in total. The summed E-state index contributed by atoms with van der Waals surface area (Å²) in [7, 11) is -4.40. The van der Waals surface area contributed by atoms with Crippen LogP contribution in [0.15, 0.2) is 71.6 Å². The standard InChI is InChI=1S/C28H29ClF3N3O3S/c1-19-5-12-24(13-6-19)39(37,38)35(23-11-14-26(29)25(17-23)28(30,31)32)18-27(36)33-20(2)21-7-9-22(10-8-21)34-15-3-4-16-34/h5-14,17,20H,3-4,15-16,18H2,1-2H3,(H,33,36).